The molecule has 0 aromatic carbocycles. The van der Waals surface area contributed by atoms with Crippen LogP contribution in [0.15, 0.2) is 0 Å². The molecule has 7 nitrogen and oxygen atoms in total. The van der Waals surface area contributed by atoms with Gasteiger partial charge >= 0.3 is 6.09 Å². The van der Waals surface area contributed by atoms with Gasteiger partial charge in [0.15, 0.2) is 0 Å². The molecule has 0 aliphatic carbocycles. The number of piperazine rings is 1. The third kappa shape index (κ3) is 5.31. The van der Waals surface area contributed by atoms with Crippen molar-refractivity contribution < 1.29 is 14.5 Å². The molecule has 0 atom stereocenters. The van der Waals surface area contributed by atoms with Crippen molar-refractivity contribution in [3.63, 3.8) is 0 Å². The first kappa shape index (κ1) is 14.7. The van der Waals surface area contributed by atoms with E-state index >= 15 is 0 Å². The SMILES string of the molecule is CC(C)(C)OC(=O)N1CCN(CC[N+](=O)[O-])CC1. The van der Waals surface area contributed by atoms with E-state index in [0.717, 1.165) is 0 Å². The first-order chi connectivity index (χ1) is 8.28. The maximum atomic E-state index is 11.8. The topological polar surface area (TPSA) is 75.9 Å². The average molecular weight is 259 g/mol. The summed E-state index contributed by atoms with van der Waals surface area (Å²) in [5.41, 5.74) is -0.486. The third-order valence-electron chi connectivity index (χ3n) is 2.62. The molecule has 7 heteroatoms. The monoisotopic (exact) mass is 259 g/mol. The predicted octanol–water partition coefficient (Wildman–Crippen LogP) is 0.816. The van der Waals surface area contributed by atoms with Crippen LogP contribution in [0.3, 0.4) is 0 Å². The second-order valence-electron chi connectivity index (χ2n) is 5.37. The zero-order valence-electron chi connectivity index (χ0n) is 11.2. The summed E-state index contributed by atoms with van der Waals surface area (Å²) in [5, 5.41) is 10.3. The third-order valence-corrected chi connectivity index (χ3v) is 2.62. The summed E-state index contributed by atoms with van der Waals surface area (Å²) in [7, 11) is 0. The van der Waals surface area contributed by atoms with Crippen LogP contribution in [0.5, 0.6) is 0 Å². The van der Waals surface area contributed by atoms with Gasteiger partial charge in [0.1, 0.15) is 5.60 Å². The Hall–Kier alpha value is -1.37. The molecule has 0 saturated carbocycles. The van der Waals surface area contributed by atoms with Crippen molar-refractivity contribution in [2.75, 3.05) is 39.3 Å². The number of hydrogen-bond donors (Lipinski definition) is 0. The van der Waals surface area contributed by atoms with Crippen LogP contribution in [0.2, 0.25) is 0 Å². The van der Waals surface area contributed by atoms with E-state index in [2.05, 4.69) is 0 Å². The van der Waals surface area contributed by atoms with Crippen molar-refractivity contribution in [2.45, 2.75) is 26.4 Å². The Kier molecular flexibility index (Phi) is 4.89. The van der Waals surface area contributed by atoms with E-state index in [-0.39, 0.29) is 17.6 Å². The second-order valence-corrected chi connectivity index (χ2v) is 5.37. The van der Waals surface area contributed by atoms with Gasteiger partial charge in [0.05, 0.1) is 6.54 Å². The fourth-order valence-electron chi connectivity index (χ4n) is 1.70. The van der Waals surface area contributed by atoms with E-state index < -0.39 is 5.60 Å². The highest BCUT2D eigenvalue weighted by Gasteiger charge is 2.25. The zero-order valence-corrected chi connectivity index (χ0v) is 11.2. The number of carbonyl (C=O) groups is 1. The fourth-order valence-corrected chi connectivity index (χ4v) is 1.70. The van der Waals surface area contributed by atoms with Crippen LogP contribution in [0.25, 0.3) is 0 Å². The van der Waals surface area contributed by atoms with Crippen LogP contribution in [-0.2, 0) is 4.74 Å². The summed E-state index contributed by atoms with van der Waals surface area (Å²) >= 11 is 0. The molecule has 0 spiro atoms. The largest absolute Gasteiger partial charge is 0.444 e. The number of nitrogens with zero attached hydrogens (tertiary/aromatic N) is 3. The minimum atomic E-state index is -0.486. The molecule has 0 aromatic heterocycles. The average Bonchev–Trinajstić information content (AvgIpc) is 2.24. The maximum absolute atomic E-state index is 11.8. The maximum Gasteiger partial charge on any atom is 0.410 e. The van der Waals surface area contributed by atoms with Gasteiger partial charge in [-0.05, 0) is 20.8 Å². The van der Waals surface area contributed by atoms with E-state index in [1.807, 2.05) is 25.7 Å². The molecule has 1 saturated heterocycles. The number of hydrogen-bond acceptors (Lipinski definition) is 5. The van der Waals surface area contributed by atoms with Crippen LogP contribution in [0, 0.1) is 10.1 Å². The van der Waals surface area contributed by atoms with Gasteiger partial charge in [0.2, 0.25) is 6.54 Å². The molecule has 18 heavy (non-hydrogen) atoms. The number of rotatable bonds is 3. The van der Waals surface area contributed by atoms with Crippen LogP contribution in [0.1, 0.15) is 20.8 Å². The van der Waals surface area contributed by atoms with Crippen molar-refractivity contribution in [1.82, 2.24) is 9.80 Å². The summed E-state index contributed by atoms with van der Waals surface area (Å²) < 4.78 is 5.27. The molecule has 0 bridgehead atoms. The molecule has 0 aromatic rings. The molecule has 1 amide bonds. The smallest absolute Gasteiger partial charge is 0.410 e. The Labute approximate surface area is 107 Å². The number of nitro groups is 1. The van der Waals surface area contributed by atoms with Gasteiger partial charge in [0.25, 0.3) is 0 Å². The molecular weight excluding hydrogens is 238 g/mol. The fraction of sp³-hybridized carbons (Fsp3) is 0.909. The van der Waals surface area contributed by atoms with E-state index in [4.69, 9.17) is 4.74 Å². The molecule has 1 aliphatic heterocycles. The lowest BCUT2D eigenvalue weighted by Gasteiger charge is -2.34. The van der Waals surface area contributed by atoms with Crippen LogP contribution in [0.4, 0.5) is 4.79 Å². The standard InChI is InChI=1S/C11H21N3O4/c1-11(2,3)18-10(15)13-7-4-12(5-8-13)6-9-14(16)17/h4-9H2,1-3H3. The van der Waals surface area contributed by atoms with Crippen molar-refractivity contribution >= 4 is 6.09 Å². The van der Waals surface area contributed by atoms with Gasteiger partial charge in [-0.3, -0.25) is 15.0 Å². The Morgan fingerprint density at radius 2 is 1.83 bits per heavy atom. The van der Waals surface area contributed by atoms with Crippen molar-refractivity contribution in [3.05, 3.63) is 10.1 Å². The molecule has 1 rings (SSSR count). The van der Waals surface area contributed by atoms with Gasteiger partial charge in [-0.15, -0.1) is 0 Å². The van der Waals surface area contributed by atoms with Crippen LogP contribution < -0.4 is 0 Å². The molecule has 0 unspecified atom stereocenters. The lowest BCUT2D eigenvalue weighted by Crippen LogP contribution is -2.50. The van der Waals surface area contributed by atoms with E-state index in [9.17, 15) is 14.9 Å². The predicted molar refractivity (Wildman–Crippen MR) is 66.1 cm³/mol. The Morgan fingerprint density at radius 3 is 2.28 bits per heavy atom. The summed E-state index contributed by atoms with van der Waals surface area (Å²) in [6, 6.07) is 0. The lowest BCUT2D eigenvalue weighted by molar-refractivity contribution is -0.480. The van der Waals surface area contributed by atoms with Crippen LogP contribution >= 0.6 is 0 Å². The van der Waals surface area contributed by atoms with Crippen molar-refractivity contribution in [1.29, 1.82) is 0 Å². The zero-order chi connectivity index (χ0) is 13.8. The summed E-state index contributed by atoms with van der Waals surface area (Å²) in [4.78, 5) is 25.3. The summed E-state index contributed by atoms with van der Waals surface area (Å²) in [6.45, 7) is 8.33. The molecule has 0 N–H and O–H groups in total. The molecule has 1 fully saturated rings. The molecule has 104 valence electrons. The summed E-state index contributed by atoms with van der Waals surface area (Å²) in [6.07, 6.45) is -0.309. The second kappa shape index (κ2) is 5.99. The van der Waals surface area contributed by atoms with E-state index in [1.165, 1.54) is 0 Å². The van der Waals surface area contributed by atoms with Crippen molar-refractivity contribution in [3.8, 4) is 0 Å². The summed E-state index contributed by atoms with van der Waals surface area (Å²) in [5.74, 6) is 0. The highest BCUT2D eigenvalue weighted by molar-refractivity contribution is 5.68. The highest BCUT2D eigenvalue weighted by atomic mass is 16.6. The van der Waals surface area contributed by atoms with Crippen molar-refractivity contribution in [2.24, 2.45) is 0 Å². The Balaban J connectivity index is 2.30. The van der Waals surface area contributed by atoms with Crippen LogP contribution in [-0.4, -0.2) is 65.7 Å². The first-order valence-electron chi connectivity index (χ1n) is 6.10. The van der Waals surface area contributed by atoms with Gasteiger partial charge < -0.3 is 9.64 Å². The highest BCUT2D eigenvalue weighted by Crippen LogP contribution is 2.11. The molecule has 1 aliphatic rings. The van der Waals surface area contributed by atoms with Gasteiger partial charge in [-0.25, -0.2) is 4.79 Å². The van der Waals surface area contributed by atoms with Gasteiger partial charge in [-0.2, -0.15) is 0 Å². The minimum absolute atomic E-state index is 0.0492. The van der Waals surface area contributed by atoms with E-state index in [0.29, 0.717) is 32.7 Å². The van der Waals surface area contributed by atoms with Gasteiger partial charge in [0, 0.05) is 31.1 Å². The molecule has 1 heterocycles. The minimum Gasteiger partial charge on any atom is -0.444 e. The van der Waals surface area contributed by atoms with Gasteiger partial charge in [-0.1, -0.05) is 0 Å². The number of ether oxygens (including phenoxy) is 1. The number of carbonyl (C=O) groups excluding carboxylic acids is 1. The van der Waals surface area contributed by atoms with E-state index in [1.54, 1.807) is 4.90 Å². The molecule has 0 radical (unpaired) electrons. The quantitative estimate of drug-likeness (QED) is 0.554. The first-order valence-corrected chi connectivity index (χ1v) is 6.10. The lowest BCUT2D eigenvalue weighted by atomic mass is 10.2. The Morgan fingerprint density at radius 1 is 1.28 bits per heavy atom. The normalized spacial score (nSPS) is 17.6. The number of amides is 1. The molecular formula is C11H21N3O4. The Bertz CT molecular complexity index is 306.